The van der Waals surface area contributed by atoms with Gasteiger partial charge in [0.15, 0.2) is 0 Å². The van der Waals surface area contributed by atoms with Crippen molar-refractivity contribution in [2.24, 2.45) is 0 Å². The molecule has 20 heavy (non-hydrogen) atoms. The van der Waals surface area contributed by atoms with Crippen LogP contribution in [-0.4, -0.2) is 54.9 Å². The van der Waals surface area contributed by atoms with E-state index in [1.54, 1.807) is 12.1 Å². The molecule has 0 radical (unpaired) electrons. The number of likely N-dealkylation sites (N-methyl/N-ethyl adjacent to an activating group) is 1. The summed E-state index contributed by atoms with van der Waals surface area (Å²) in [5.74, 6) is -0.628. The Morgan fingerprint density at radius 2 is 2.40 bits per heavy atom. The summed E-state index contributed by atoms with van der Waals surface area (Å²) in [5, 5.41) is 9.14. The Labute approximate surface area is 126 Å². The Morgan fingerprint density at radius 3 is 3.10 bits per heavy atom. The van der Waals surface area contributed by atoms with Crippen molar-refractivity contribution in [3.8, 4) is 5.75 Å². The Bertz CT molecular complexity index is 480. The summed E-state index contributed by atoms with van der Waals surface area (Å²) in [6, 6.07) is 4.89. The van der Waals surface area contributed by atoms with Gasteiger partial charge in [-0.3, -0.25) is 4.90 Å². The van der Waals surface area contributed by atoms with Crippen molar-refractivity contribution in [1.29, 1.82) is 0 Å². The van der Waals surface area contributed by atoms with E-state index in [1.165, 1.54) is 6.07 Å². The molecular formula is C14H18BrNO4. The lowest BCUT2D eigenvalue weighted by Gasteiger charge is -2.31. The molecule has 1 aromatic rings. The molecule has 0 aromatic heterocycles. The first-order valence-corrected chi connectivity index (χ1v) is 7.39. The molecule has 0 spiro atoms. The zero-order valence-electron chi connectivity index (χ0n) is 11.3. The predicted molar refractivity (Wildman–Crippen MR) is 78.5 cm³/mol. The maximum absolute atomic E-state index is 11.1. The Morgan fingerprint density at radius 1 is 1.60 bits per heavy atom. The SMILES string of the molecule is CCN1CCOC(COc2cc(Br)ccc2C(=O)O)C1. The summed E-state index contributed by atoms with van der Waals surface area (Å²) in [6.45, 7) is 5.88. The van der Waals surface area contributed by atoms with Gasteiger partial charge in [-0.05, 0) is 24.7 Å². The van der Waals surface area contributed by atoms with E-state index in [2.05, 4.69) is 27.8 Å². The zero-order valence-corrected chi connectivity index (χ0v) is 12.9. The van der Waals surface area contributed by atoms with Gasteiger partial charge < -0.3 is 14.6 Å². The number of rotatable bonds is 5. The number of halogens is 1. The standard InChI is InChI=1S/C14H18BrNO4/c1-2-16-5-6-19-11(8-16)9-20-13-7-10(15)3-4-12(13)14(17)18/h3-4,7,11H,2,5-6,8-9H2,1H3,(H,17,18). The highest BCUT2D eigenvalue weighted by Gasteiger charge is 2.21. The first-order chi connectivity index (χ1) is 9.60. The van der Waals surface area contributed by atoms with Gasteiger partial charge in [0.1, 0.15) is 24.0 Å². The van der Waals surface area contributed by atoms with Gasteiger partial charge in [0, 0.05) is 17.6 Å². The van der Waals surface area contributed by atoms with Crippen LogP contribution in [0.25, 0.3) is 0 Å². The lowest BCUT2D eigenvalue weighted by atomic mass is 10.2. The van der Waals surface area contributed by atoms with Crippen molar-refractivity contribution in [3.63, 3.8) is 0 Å². The third kappa shape index (κ3) is 3.94. The van der Waals surface area contributed by atoms with Gasteiger partial charge >= 0.3 is 5.97 Å². The van der Waals surface area contributed by atoms with Crippen molar-refractivity contribution in [3.05, 3.63) is 28.2 Å². The highest BCUT2D eigenvalue weighted by atomic mass is 79.9. The molecule has 0 saturated carbocycles. The van der Waals surface area contributed by atoms with Gasteiger partial charge in [0.2, 0.25) is 0 Å². The van der Waals surface area contributed by atoms with E-state index < -0.39 is 5.97 Å². The van der Waals surface area contributed by atoms with Crippen LogP contribution in [0.2, 0.25) is 0 Å². The number of carboxylic acid groups (broad SMARTS) is 1. The third-order valence-corrected chi connectivity index (χ3v) is 3.76. The molecule has 6 heteroatoms. The molecule has 1 saturated heterocycles. The van der Waals surface area contributed by atoms with Gasteiger partial charge in [0.25, 0.3) is 0 Å². The predicted octanol–water partition coefficient (Wildman–Crippen LogP) is 2.25. The number of aromatic carboxylic acids is 1. The Hall–Kier alpha value is -1.11. The van der Waals surface area contributed by atoms with Crippen molar-refractivity contribution >= 4 is 21.9 Å². The number of carboxylic acids is 1. The van der Waals surface area contributed by atoms with Gasteiger partial charge in [-0.15, -0.1) is 0 Å². The summed E-state index contributed by atoms with van der Waals surface area (Å²) in [6.07, 6.45) is -0.0238. The lowest BCUT2D eigenvalue weighted by molar-refractivity contribution is -0.0465. The van der Waals surface area contributed by atoms with Gasteiger partial charge in [-0.2, -0.15) is 0 Å². The molecule has 1 unspecified atom stereocenters. The molecular weight excluding hydrogens is 326 g/mol. The molecule has 1 heterocycles. The van der Waals surface area contributed by atoms with E-state index >= 15 is 0 Å². The molecule has 1 aromatic carbocycles. The topological polar surface area (TPSA) is 59.0 Å². The number of carbonyl (C=O) groups is 1. The molecule has 2 rings (SSSR count). The van der Waals surface area contributed by atoms with Crippen LogP contribution in [0.15, 0.2) is 22.7 Å². The number of hydrogen-bond acceptors (Lipinski definition) is 4. The van der Waals surface area contributed by atoms with E-state index in [-0.39, 0.29) is 11.7 Å². The third-order valence-electron chi connectivity index (χ3n) is 3.27. The molecule has 1 aliphatic heterocycles. The molecule has 0 aliphatic carbocycles. The summed E-state index contributed by atoms with van der Waals surface area (Å²) in [4.78, 5) is 13.4. The number of hydrogen-bond donors (Lipinski definition) is 1. The van der Waals surface area contributed by atoms with Crippen LogP contribution in [-0.2, 0) is 4.74 Å². The van der Waals surface area contributed by atoms with Crippen LogP contribution < -0.4 is 4.74 Å². The van der Waals surface area contributed by atoms with Crippen LogP contribution in [0.3, 0.4) is 0 Å². The van der Waals surface area contributed by atoms with E-state index in [4.69, 9.17) is 14.6 Å². The number of nitrogens with zero attached hydrogens (tertiary/aromatic N) is 1. The minimum Gasteiger partial charge on any atom is -0.490 e. The fourth-order valence-electron chi connectivity index (χ4n) is 2.14. The maximum atomic E-state index is 11.1. The first kappa shape index (κ1) is 15.3. The van der Waals surface area contributed by atoms with Crippen molar-refractivity contribution in [1.82, 2.24) is 4.90 Å². The second-order valence-electron chi connectivity index (χ2n) is 4.64. The highest BCUT2D eigenvalue weighted by Crippen LogP contribution is 2.24. The van der Waals surface area contributed by atoms with E-state index in [9.17, 15) is 4.79 Å². The number of benzene rings is 1. The first-order valence-electron chi connectivity index (χ1n) is 6.59. The fraction of sp³-hybridized carbons (Fsp3) is 0.500. The molecule has 1 aliphatic rings. The second kappa shape index (κ2) is 7.06. The van der Waals surface area contributed by atoms with Gasteiger partial charge in [-0.1, -0.05) is 22.9 Å². The molecule has 1 N–H and O–H groups in total. The number of ether oxygens (including phenoxy) is 2. The normalized spacial score (nSPS) is 19.8. The summed E-state index contributed by atoms with van der Waals surface area (Å²) in [7, 11) is 0. The average molecular weight is 344 g/mol. The van der Waals surface area contributed by atoms with E-state index in [0.29, 0.717) is 19.0 Å². The Kier molecular flexibility index (Phi) is 5.39. The van der Waals surface area contributed by atoms with Crippen LogP contribution in [0.5, 0.6) is 5.75 Å². The lowest BCUT2D eigenvalue weighted by Crippen LogP contribution is -2.44. The minimum atomic E-state index is -0.993. The van der Waals surface area contributed by atoms with Gasteiger partial charge in [-0.25, -0.2) is 4.79 Å². The fourth-order valence-corrected chi connectivity index (χ4v) is 2.48. The monoisotopic (exact) mass is 343 g/mol. The molecule has 0 amide bonds. The quantitative estimate of drug-likeness (QED) is 0.888. The van der Waals surface area contributed by atoms with Crippen LogP contribution >= 0.6 is 15.9 Å². The molecule has 0 bridgehead atoms. The van der Waals surface area contributed by atoms with E-state index in [0.717, 1.165) is 24.1 Å². The summed E-state index contributed by atoms with van der Waals surface area (Å²) < 4.78 is 12.1. The van der Waals surface area contributed by atoms with Crippen molar-refractivity contribution in [2.75, 3.05) is 32.8 Å². The summed E-state index contributed by atoms with van der Waals surface area (Å²) in [5.41, 5.74) is 0.163. The Balaban J connectivity index is 1.99. The average Bonchev–Trinajstić information content (AvgIpc) is 2.45. The van der Waals surface area contributed by atoms with Crippen LogP contribution in [0, 0.1) is 0 Å². The molecule has 1 atom stereocenters. The van der Waals surface area contributed by atoms with Gasteiger partial charge in [0.05, 0.1) is 6.61 Å². The smallest absolute Gasteiger partial charge is 0.339 e. The van der Waals surface area contributed by atoms with Crippen molar-refractivity contribution < 1.29 is 19.4 Å². The van der Waals surface area contributed by atoms with E-state index in [1.807, 2.05) is 0 Å². The molecule has 5 nitrogen and oxygen atoms in total. The second-order valence-corrected chi connectivity index (χ2v) is 5.56. The largest absolute Gasteiger partial charge is 0.490 e. The van der Waals surface area contributed by atoms with Crippen LogP contribution in [0.1, 0.15) is 17.3 Å². The minimum absolute atomic E-state index is 0.0238. The highest BCUT2D eigenvalue weighted by molar-refractivity contribution is 9.10. The molecule has 1 fully saturated rings. The summed E-state index contributed by atoms with van der Waals surface area (Å²) >= 11 is 3.32. The van der Waals surface area contributed by atoms with Crippen LogP contribution in [0.4, 0.5) is 0 Å². The zero-order chi connectivity index (χ0) is 14.5. The van der Waals surface area contributed by atoms with Crippen molar-refractivity contribution in [2.45, 2.75) is 13.0 Å². The molecule has 110 valence electrons. The maximum Gasteiger partial charge on any atom is 0.339 e. The number of morpholine rings is 1.